The van der Waals surface area contributed by atoms with Crippen molar-refractivity contribution >= 4 is 33.6 Å². The van der Waals surface area contributed by atoms with E-state index in [0.717, 1.165) is 22.6 Å². The molecule has 31 heavy (non-hydrogen) atoms. The van der Waals surface area contributed by atoms with Gasteiger partial charge in [0.15, 0.2) is 0 Å². The van der Waals surface area contributed by atoms with E-state index in [0.29, 0.717) is 29.5 Å². The minimum absolute atomic E-state index is 0.233. The largest absolute Gasteiger partial charge is 0.510 e. The summed E-state index contributed by atoms with van der Waals surface area (Å²) in [6.07, 6.45) is 2.98. The molecule has 0 amide bonds. The molecule has 2 aromatic heterocycles. The van der Waals surface area contributed by atoms with E-state index in [9.17, 15) is 5.11 Å². The fraction of sp³-hybridized carbons (Fsp3) is 0.200. The lowest BCUT2D eigenvalue weighted by molar-refractivity contribution is 0.351. The number of aliphatic hydroxyl groups excluding tert-OH is 1. The summed E-state index contributed by atoms with van der Waals surface area (Å²) in [6, 6.07) is 18.4. The lowest BCUT2D eigenvalue weighted by atomic mass is 10.1. The van der Waals surface area contributed by atoms with Crippen LogP contribution >= 0.6 is 11.3 Å². The number of rotatable bonds is 5. The van der Waals surface area contributed by atoms with Crippen molar-refractivity contribution < 1.29 is 5.11 Å². The van der Waals surface area contributed by atoms with E-state index in [1.54, 1.807) is 0 Å². The van der Waals surface area contributed by atoms with Crippen molar-refractivity contribution in [2.24, 2.45) is 7.05 Å². The van der Waals surface area contributed by atoms with E-state index in [-0.39, 0.29) is 5.76 Å². The molecule has 156 valence electrons. The molecule has 2 N–H and O–H groups in total. The van der Waals surface area contributed by atoms with E-state index >= 15 is 0 Å². The third-order valence-corrected chi connectivity index (χ3v) is 6.86. The Hall–Kier alpha value is -3.38. The van der Waals surface area contributed by atoms with Crippen LogP contribution in [0.4, 0.5) is 0 Å². The van der Waals surface area contributed by atoms with E-state index in [2.05, 4.69) is 42.1 Å². The number of benzene rings is 2. The number of aryl methyl sites for hydroxylation is 2. The van der Waals surface area contributed by atoms with Gasteiger partial charge in [-0.3, -0.25) is 5.41 Å². The molecule has 0 atom stereocenters. The second-order valence-electron chi connectivity index (χ2n) is 7.91. The lowest BCUT2D eigenvalue weighted by Gasteiger charge is -2.18. The molecule has 6 heteroatoms. The second kappa shape index (κ2) is 7.71. The molecule has 3 heterocycles. The summed E-state index contributed by atoms with van der Waals surface area (Å²) in [5.74, 6) is 0.586. The summed E-state index contributed by atoms with van der Waals surface area (Å²) in [5.41, 5.74) is 5.01. The van der Waals surface area contributed by atoms with Gasteiger partial charge < -0.3 is 14.6 Å². The Labute approximate surface area is 185 Å². The molecule has 4 aromatic rings. The molecule has 5 nitrogen and oxygen atoms in total. The Kier molecular flexibility index (Phi) is 4.87. The van der Waals surface area contributed by atoms with Gasteiger partial charge in [0.1, 0.15) is 16.6 Å². The van der Waals surface area contributed by atoms with Gasteiger partial charge in [-0.15, -0.1) is 11.3 Å². The summed E-state index contributed by atoms with van der Waals surface area (Å²) in [6.45, 7) is 3.08. The highest BCUT2D eigenvalue weighted by Crippen LogP contribution is 2.35. The molecule has 0 spiro atoms. The van der Waals surface area contributed by atoms with Gasteiger partial charge in [0.25, 0.3) is 0 Å². The van der Waals surface area contributed by atoms with Crippen LogP contribution in [0.3, 0.4) is 0 Å². The molecule has 0 bridgehead atoms. The zero-order chi connectivity index (χ0) is 21.5. The number of amidine groups is 1. The van der Waals surface area contributed by atoms with Crippen molar-refractivity contribution in [3.8, 4) is 11.3 Å². The molecule has 0 fully saturated rings. The predicted octanol–water partition coefficient (Wildman–Crippen LogP) is 5.41. The molecule has 2 aromatic carbocycles. The summed E-state index contributed by atoms with van der Waals surface area (Å²) in [4.78, 5) is 7.81. The highest BCUT2D eigenvalue weighted by atomic mass is 32.1. The van der Waals surface area contributed by atoms with Crippen LogP contribution in [0.1, 0.15) is 15.4 Å². The third-order valence-electron chi connectivity index (χ3n) is 5.87. The van der Waals surface area contributed by atoms with Crippen molar-refractivity contribution in [3.05, 3.63) is 82.0 Å². The first-order valence-corrected chi connectivity index (χ1v) is 11.2. The zero-order valence-electron chi connectivity index (χ0n) is 17.6. The van der Waals surface area contributed by atoms with Gasteiger partial charge >= 0.3 is 0 Å². The quantitative estimate of drug-likeness (QED) is 0.446. The maximum absolute atomic E-state index is 10.7. The fourth-order valence-electron chi connectivity index (χ4n) is 4.30. The first kappa shape index (κ1) is 19.6. The van der Waals surface area contributed by atoms with E-state index in [4.69, 9.17) is 10.4 Å². The van der Waals surface area contributed by atoms with Crippen LogP contribution in [-0.4, -0.2) is 38.5 Å². The Balaban J connectivity index is 1.36. The average Bonchev–Trinajstić information content (AvgIpc) is 3.40. The highest BCUT2D eigenvalue weighted by Gasteiger charge is 2.30. The molecule has 0 unspecified atom stereocenters. The van der Waals surface area contributed by atoms with E-state index in [1.807, 2.05) is 42.2 Å². The van der Waals surface area contributed by atoms with Crippen molar-refractivity contribution in [2.45, 2.75) is 13.3 Å². The number of para-hydroxylation sites is 1. The molecule has 0 saturated carbocycles. The van der Waals surface area contributed by atoms with Crippen molar-refractivity contribution in [1.82, 2.24) is 14.5 Å². The van der Waals surface area contributed by atoms with E-state index < -0.39 is 0 Å². The standard InChI is InChI=1S/C25H24N4OS/c1-16-23(17-8-4-3-5-9-17)27-25(31-16)22-21(30)15-29(24(22)26)13-12-18-14-28(2)20-11-7-6-10-19(18)20/h3-11,14,26,30H,12-13,15H2,1-2H3. The van der Waals surface area contributed by atoms with Gasteiger partial charge in [0.2, 0.25) is 0 Å². The number of hydrogen-bond acceptors (Lipinski definition) is 4. The number of thiazole rings is 1. The first-order chi connectivity index (χ1) is 15.0. The minimum atomic E-state index is 0.233. The van der Waals surface area contributed by atoms with Crippen LogP contribution in [0.5, 0.6) is 0 Å². The average molecular weight is 429 g/mol. The first-order valence-electron chi connectivity index (χ1n) is 10.3. The Morgan fingerprint density at radius 1 is 1.10 bits per heavy atom. The fourth-order valence-corrected chi connectivity index (χ4v) is 5.30. The Morgan fingerprint density at radius 3 is 2.65 bits per heavy atom. The van der Waals surface area contributed by atoms with Crippen LogP contribution in [0.2, 0.25) is 0 Å². The summed E-state index contributed by atoms with van der Waals surface area (Å²) >= 11 is 1.54. The van der Waals surface area contributed by atoms with Gasteiger partial charge in [-0.25, -0.2) is 4.98 Å². The number of hydrogen-bond donors (Lipinski definition) is 2. The number of fused-ring (bicyclic) bond motifs is 1. The molecule has 1 aliphatic rings. The Morgan fingerprint density at radius 2 is 1.84 bits per heavy atom. The molecule has 5 rings (SSSR count). The molecule has 0 radical (unpaired) electrons. The normalized spacial score (nSPS) is 14.3. The maximum atomic E-state index is 10.7. The summed E-state index contributed by atoms with van der Waals surface area (Å²) < 4.78 is 2.14. The lowest BCUT2D eigenvalue weighted by Crippen LogP contribution is -2.28. The molecular formula is C25H24N4OS. The Bertz CT molecular complexity index is 1320. The van der Waals surface area contributed by atoms with Crippen LogP contribution in [0.25, 0.3) is 27.7 Å². The van der Waals surface area contributed by atoms with Crippen LogP contribution < -0.4 is 0 Å². The zero-order valence-corrected chi connectivity index (χ0v) is 18.4. The summed E-state index contributed by atoms with van der Waals surface area (Å²) in [5, 5.41) is 21.4. The van der Waals surface area contributed by atoms with Crippen molar-refractivity contribution in [1.29, 1.82) is 5.41 Å². The smallest absolute Gasteiger partial charge is 0.135 e. The third kappa shape index (κ3) is 3.43. The number of nitrogens with one attached hydrogen (secondary N) is 1. The second-order valence-corrected chi connectivity index (χ2v) is 9.12. The number of aliphatic hydroxyl groups is 1. The van der Waals surface area contributed by atoms with Crippen LogP contribution in [0, 0.1) is 12.3 Å². The van der Waals surface area contributed by atoms with Gasteiger partial charge in [0.05, 0.1) is 17.8 Å². The monoisotopic (exact) mass is 428 g/mol. The van der Waals surface area contributed by atoms with Crippen molar-refractivity contribution in [2.75, 3.05) is 13.1 Å². The van der Waals surface area contributed by atoms with Crippen molar-refractivity contribution in [3.63, 3.8) is 0 Å². The predicted molar refractivity (Wildman–Crippen MR) is 128 cm³/mol. The molecule has 1 aliphatic heterocycles. The SMILES string of the molecule is Cc1sc(C2=C(O)CN(CCc3cn(C)c4ccccc34)C2=N)nc1-c1ccccc1. The van der Waals surface area contributed by atoms with Crippen LogP contribution in [-0.2, 0) is 13.5 Å². The maximum Gasteiger partial charge on any atom is 0.135 e. The molecule has 0 saturated heterocycles. The molecule has 0 aliphatic carbocycles. The summed E-state index contributed by atoms with van der Waals surface area (Å²) in [7, 11) is 2.06. The minimum Gasteiger partial charge on any atom is -0.510 e. The van der Waals surface area contributed by atoms with E-state index in [1.165, 1.54) is 27.8 Å². The van der Waals surface area contributed by atoms with Gasteiger partial charge in [-0.1, -0.05) is 48.5 Å². The topological polar surface area (TPSA) is 65.1 Å². The number of aromatic nitrogens is 2. The van der Waals surface area contributed by atoms with Crippen LogP contribution in [0.15, 0.2) is 66.6 Å². The highest BCUT2D eigenvalue weighted by molar-refractivity contribution is 7.13. The number of nitrogens with zero attached hydrogens (tertiary/aromatic N) is 3. The van der Waals surface area contributed by atoms with Gasteiger partial charge in [0, 0.05) is 41.1 Å². The van der Waals surface area contributed by atoms with Gasteiger partial charge in [-0.2, -0.15) is 0 Å². The van der Waals surface area contributed by atoms with Gasteiger partial charge in [-0.05, 0) is 25.0 Å². The molecular weight excluding hydrogens is 404 g/mol.